The summed E-state index contributed by atoms with van der Waals surface area (Å²) in [5.41, 5.74) is 2.52. The van der Waals surface area contributed by atoms with Crippen LogP contribution in [0.4, 0.5) is 0 Å². The fraction of sp³-hybridized carbons (Fsp3) is 0.400. The minimum Gasteiger partial charge on any atom is -0.496 e. The predicted molar refractivity (Wildman–Crippen MR) is 133 cm³/mol. The summed E-state index contributed by atoms with van der Waals surface area (Å²) < 4.78 is 39.9. The Morgan fingerprint density at radius 2 is 1.85 bits per heavy atom. The van der Waals surface area contributed by atoms with E-state index in [1.165, 1.54) is 19.3 Å². The van der Waals surface area contributed by atoms with Gasteiger partial charge >= 0.3 is 0 Å². The molecule has 0 aliphatic heterocycles. The average Bonchev–Trinajstić information content (AvgIpc) is 2.77. The summed E-state index contributed by atoms with van der Waals surface area (Å²) in [6.45, 7) is 7.09. The lowest BCUT2D eigenvalue weighted by molar-refractivity contribution is -0.116. The van der Waals surface area contributed by atoms with Gasteiger partial charge < -0.3 is 19.5 Å². The molecule has 9 heteroatoms. The maximum atomic E-state index is 12.4. The summed E-state index contributed by atoms with van der Waals surface area (Å²) in [5, 5.41) is 8.14. The van der Waals surface area contributed by atoms with E-state index in [0.29, 0.717) is 24.3 Å². The summed E-state index contributed by atoms with van der Waals surface area (Å²) in [7, 11) is -0.860. The molecule has 0 unspecified atom stereocenters. The Bertz CT molecular complexity index is 1120. The van der Waals surface area contributed by atoms with Gasteiger partial charge in [0, 0.05) is 25.3 Å². The number of nitrogens with two attached hydrogens (primary N) is 1. The van der Waals surface area contributed by atoms with Crippen LogP contribution in [0.3, 0.4) is 0 Å². The van der Waals surface area contributed by atoms with Gasteiger partial charge in [-0.2, -0.15) is 0 Å². The maximum Gasteiger partial charge on any atom is 0.244 e. The zero-order valence-electron chi connectivity index (χ0n) is 20.4. The molecular weight excluding hydrogens is 456 g/mol. The summed E-state index contributed by atoms with van der Waals surface area (Å²) in [4.78, 5) is 12.3. The third-order valence-corrected chi connectivity index (χ3v) is 6.04. The molecule has 0 radical (unpaired) electrons. The number of primary sulfonamides is 1. The molecule has 186 valence electrons. The molecule has 3 N–H and O–H groups in total. The van der Waals surface area contributed by atoms with E-state index in [-0.39, 0.29) is 35.1 Å². The standard InChI is InChI=1S/C25H34N2O6S/c1-25(2,3)20-10-11-21(32-5)19(17-20)9-12-23(28)27-14-13-18-7-6-8-22(34(26,29)30)24(18)33-16-15-31-4/h6-12,17H,13-16H2,1-5H3,(H,27,28)(H2,26,29,30). The van der Waals surface area contributed by atoms with Gasteiger partial charge in [-0.05, 0) is 47.2 Å². The van der Waals surface area contributed by atoms with E-state index in [1.54, 1.807) is 25.3 Å². The third-order valence-electron chi connectivity index (χ3n) is 5.10. The number of nitrogens with one attached hydrogen (secondary N) is 1. The number of carbonyl (C=O) groups is 1. The lowest BCUT2D eigenvalue weighted by Crippen LogP contribution is -2.24. The second-order valence-electron chi connectivity index (χ2n) is 8.71. The highest BCUT2D eigenvalue weighted by Crippen LogP contribution is 2.29. The number of rotatable bonds is 11. The van der Waals surface area contributed by atoms with E-state index < -0.39 is 10.0 Å². The first-order valence-corrected chi connectivity index (χ1v) is 12.4. The smallest absolute Gasteiger partial charge is 0.244 e. The van der Waals surface area contributed by atoms with Gasteiger partial charge in [-0.3, -0.25) is 4.79 Å². The molecule has 1 amide bonds. The Morgan fingerprint density at radius 3 is 2.47 bits per heavy atom. The highest BCUT2D eigenvalue weighted by Gasteiger charge is 2.19. The molecule has 0 bridgehead atoms. The highest BCUT2D eigenvalue weighted by atomic mass is 32.2. The van der Waals surface area contributed by atoms with E-state index in [0.717, 1.165) is 11.1 Å². The van der Waals surface area contributed by atoms with Crippen molar-refractivity contribution in [3.63, 3.8) is 0 Å². The summed E-state index contributed by atoms with van der Waals surface area (Å²) >= 11 is 0. The molecule has 2 aromatic rings. The topological polar surface area (TPSA) is 117 Å². The molecule has 0 aromatic heterocycles. The quantitative estimate of drug-likeness (QED) is 0.369. The van der Waals surface area contributed by atoms with Gasteiger partial charge in [-0.15, -0.1) is 0 Å². The van der Waals surface area contributed by atoms with Crippen LogP contribution in [-0.4, -0.2) is 48.3 Å². The van der Waals surface area contributed by atoms with Crippen LogP contribution in [0.15, 0.2) is 47.4 Å². The fourth-order valence-electron chi connectivity index (χ4n) is 3.25. The van der Waals surface area contributed by atoms with Gasteiger partial charge in [0.05, 0.1) is 13.7 Å². The average molecular weight is 491 g/mol. The first kappa shape index (κ1) is 27.4. The summed E-state index contributed by atoms with van der Waals surface area (Å²) in [5.74, 6) is 0.568. The molecule has 0 fully saturated rings. The third kappa shape index (κ3) is 7.86. The summed E-state index contributed by atoms with van der Waals surface area (Å²) in [6.07, 6.45) is 3.51. The van der Waals surface area contributed by atoms with E-state index >= 15 is 0 Å². The van der Waals surface area contributed by atoms with Crippen molar-refractivity contribution in [2.45, 2.75) is 37.5 Å². The van der Waals surface area contributed by atoms with Crippen LogP contribution in [0.5, 0.6) is 11.5 Å². The highest BCUT2D eigenvalue weighted by molar-refractivity contribution is 7.89. The van der Waals surface area contributed by atoms with Crippen molar-refractivity contribution in [1.29, 1.82) is 0 Å². The molecule has 0 atom stereocenters. The summed E-state index contributed by atoms with van der Waals surface area (Å²) in [6, 6.07) is 10.6. The van der Waals surface area contributed by atoms with Gasteiger partial charge in [0.1, 0.15) is 23.0 Å². The van der Waals surface area contributed by atoms with Crippen molar-refractivity contribution in [1.82, 2.24) is 5.32 Å². The van der Waals surface area contributed by atoms with Gasteiger partial charge in [-0.25, -0.2) is 13.6 Å². The zero-order chi connectivity index (χ0) is 25.4. The first-order valence-electron chi connectivity index (χ1n) is 10.9. The maximum absolute atomic E-state index is 12.4. The number of amides is 1. The molecule has 0 spiro atoms. The number of sulfonamides is 1. The predicted octanol–water partition coefficient (Wildman–Crippen LogP) is 3.04. The number of benzene rings is 2. The Hall–Kier alpha value is -2.88. The van der Waals surface area contributed by atoms with E-state index in [2.05, 4.69) is 26.1 Å². The minimum atomic E-state index is -3.97. The van der Waals surface area contributed by atoms with Crippen LogP contribution in [0, 0.1) is 0 Å². The second kappa shape index (κ2) is 12.0. The Balaban J connectivity index is 2.10. The molecular formula is C25H34N2O6S. The lowest BCUT2D eigenvalue weighted by atomic mass is 9.86. The number of hydrogen-bond acceptors (Lipinski definition) is 6. The Labute approximate surface area is 202 Å². The van der Waals surface area contributed by atoms with Crippen molar-refractivity contribution in [2.24, 2.45) is 5.14 Å². The van der Waals surface area contributed by atoms with Crippen LogP contribution in [-0.2, 0) is 31.4 Å². The van der Waals surface area contributed by atoms with Crippen LogP contribution in [0.2, 0.25) is 0 Å². The van der Waals surface area contributed by atoms with E-state index in [1.807, 2.05) is 18.2 Å². The molecule has 0 heterocycles. The normalized spacial score (nSPS) is 12.1. The van der Waals surface area contributed by atoms with Crippen molar-refractivity contribution in [3.8, 4) is 11.5 Å². The Morgan fingerprint density at radius 1 is 1.12 bits per heavy atom. The van der Waals surface area contributed by atoms with Gasteiger partial charge in [0.25, 0.3) is 0 Å². The molecule has 2 rings (SSSR count). The van der Waals surface area contributed by atoms with Gasteiger partial charge in [-0.1, -0.05) is 39.0 Å². The van der Waals surface area contributed by atoms with Crippen molar-refractivity contribution >= 4 is 22.0 Å². The molecule has 34 heavy (non-hydrogen) atoms. The lowest BCUT2D eigenvalue weighted by Gasteiger charge is -2.20. The van der Waals surface area contributed by atoms with Gasteiger partial charge in [0.15, 0.2) is 0 Å². The SMILES string of the molecule is COCCOc1c(CCNC(=O)C=Cc2cc(C(C)(C)C)ccc2OC)cccc1S(N)(=O)=O. The van der Waals surface area contributed by atoms with Crippen LogP contribution in [0.25, 0.3) is 6.08 Å². The second-order valence-corrected chi connectivity index (χ2v) is 10.2. The largest absolute Gasteiger partial charge is 0.496 e. The number of methoxy groups -OCH3 is 2. The monoisotopic (exact) mass is 490 g/mol. The molecule has 0 saturated heterocycles. The zero-order valence-corrected chi connectivity index (χ0v) is 21.2. The number of carbonyl (C=O) groups excluding carboxylic acids is 1. The molecule has 0 aliphatic rings. The number of ether oxygens (including phenoxy) is 3. The van der Waals surface area contributed by atoms with Crippen molar-refractivity contribution in [3.05, 3.63) is 59.2 Å². The number of hydrogen-bond donors (Lipinski definition) is 2. The van der Waals surface area contributed by atoms with Crippen LogP contribution in [0.1, 0.15) is 37.5 Å². The molecule has 8 nitrogen and oxygen atoms in total. The first-order chi connectivity index (χ1) is 16.0. The fourth-order valence-corrected chi connectivity index (χ4v) is 3.97. The van der Waals surface area contributed by atoms with Crippen molar-refractivity contribution in [2.75, 3.05) is 34.0 Å². The Kier molecular flexibility index (Phi) is 9.66. The van der Waals surface area contributed by atoms with Crippen LogP contribution < -0.4 is 19.9 Å². The van der Waals surface area contributed by atoms with E-state index in [9.17, 15) is 13.2 Å². The van der Waals surface area contributed by atoms with Crippen LogP contribution >= 0.6 is 0 Å². The minimum absolute atomic E-state index is 0.0360. The van der Waals surface area contributed by atoms with Gasteiger partial charge in [0.2, 0.25) is 15.9 Å². The number of para-hydroxylation sites is 1. The molecule has 0 saturated carbocycles. The van der Waals surface area contributed by atoms with E-state index in [4.69, 9.17) is 19.3 Å². The molecule has 0 aliphatic carbocycles. The molecule has 2 aromatic carbocycles. The van der Waals surface area contributed by atoms with Crippen molar-refractivity contribution < 1.29 is 27.4 Å².